The lowest BCUT2D eigenvalue weighted by Gasteiger charge is -2.06. The Balaban J connectivity index is 2.29. The first-order valence-electron chi connectivity index (χ1n) is 5.56. The lowest BCUT2D eigenvalue weighted by atomic mass is 10.0. The highest BCUT2D eigenvalue weighted by atomic mass is 32.1. The van der Waals surface area contributed by atoms with Crippen LogP contribution in [0.25, 0.3) is 11.1 Å². The summed E-state index contributed by atoms with van der Waals surface area (Å²) in [5.74, 6) is -0.936. The molecule has 2 rings (SSSR count). The summed E-state index contributed by atoms with van der Waals surface area (Å²) < 4.78 is 0. The van der Waals surface area contributed by atoms with E-state index in [0.29, 0.717) is 0 Å². The second-order valence-electron chi connectivity index (χ2n) is 3.95. The third-order valence-corrected chi connectivity index (χ3v) is 2.70. The van der Waals surface area contributed by atoms with Crippen LogP contribution in [0.5, 0.6) is 0 Å². The molecule has 2 aromatic rings. The highest BCUT2D eigenvalue weighted by Crippen LogP contribution is 2.22. The molecule has 0 fully saturated rings. The van der Waals surface area contributed by atoms with Crippen molar-refractivity contribution in [2.75, 3.05) is 5.32 Å². The molecule has 0 radical (unpaired) electrons. The number of thiocarbonyl (C=S) groups is 1. The summed E-state index contributed by atoms with van der Waals surface area (Å²) in [6.07, 6.45) is 0. The van der Waals surface area contributed by atoms with Crippen molar-refractivity contribution in [1.82, 2.24) is 0 Å². The molecule has 0 aromatic heterocycles. The third kappa shape index (κ3) is 3.29. The van der Waals surface area contributed by atoms with Crippen molar-refractivity contribution < 1.29 is 9.90 Å². The molecule has 2 aromatic carbocycles. The van der Waals surface area contributed by atoms with Crippen LogP contribution in [0.4, 0.5) is 5.69 Å². The average Bonchev–Trinajstić information content (AvgIpc) is 2.39. The van der Waals surface area contributed by atoms with Crippen LogP contribution in [-0.2, 0) is 0 Å². The van der Waals surface area contributed by atoms with Gasteiger partial charge in [-0.3, -0.25) is 0 Å². The molecule has 0 bridgehead atoms. The molecule has 0 amide bonds. The number of hydrogen-bond acceptors (Lipinski definition) is 2. The fraction of sp³-hybridized carbons (Fsp3) is 0. The van der Waals surface area contributed by atoms with Crippen molar-refractivity contribution in [2.45, 2.75) is 0 Å². The Labute approximate surface area is 115 Å². The van der Waals surface area contributed by atoms with Crippen molar-refractivity contribution in [3.05, 3.63) is 54.1 Å². The molecule has 0 unspecified atom stereocenters. The number of benzene rings is 2. The standard InChI is InChI=1S/C14H12N2O2S/c15-14(19)16-12-6-4-9(5-7-12)10-2-1-3-11(8-10)13(17)18/h1-8H,(H,17,18)(H3,15,16,19). The second kappa shape index (κ2) is 5.49. The molecule has 0 heterocycles. The van der Waals surface area contributed by atoms with E-state index in [4.69, 9.17) is 23.1 Å². The Hall–Kier alpha value is -2.40. The fourth-order valence-electron chi connectivity index (χ4n) is 1.72. The average molecular weight is 272 g/mol. The van der Waals surface area contributed by atoms with Crippen molar-refractivity contribution in [3.8, 4) is 11.1 Å². The molecule has 0 saturated carbocycles. The zero-order valence-corrected chi connectivity index (χ0v) is 10.8. The first-order valence-corrected chi connectivity index (χ1v) is 5.97. The van der Waals surface area contributed by atoms with Gasteiger partial charge in [0.1, 0.15) is 0 Å². The molecular formula is C14H12N2O2S. The normalized spacial score (nSPS) is 9.89. The largest absolute Gasteiger partial charge is 0.478 e. The number of aromatic carboxylic acids is 1. The highest BCUT2D eigenvalue weighted by Gasteiger charge is 2.04. The number of carboxylic acids is 1. The Morgan fingerprint density at radius 3 is 2.37 bits per heavy atom. The molecular weight excluding hydrogens is 260 g/mol. The van der Waals surface area contributed by atoms with Crippen molar-refractivity contribution >= 4 is 29.0 Å². The number of hydrogen-bond donors (Lipinski definition) is 3. The first kappa shape index (κ1) is 13.0. The van der Waals surface area contributed by atoms with Gasteiger partial charge in [-0.15, -0.1) is 0 Å². The zero-order valence-electron chi connectivity index (χ0n) is 9.96. The van der Waals surface area contributed by atoms with Gasteiger partial charge in [0.25, 0.3) is 0 Å². The molecule has 0 aliphatic heterocycles. The van der Waals surface area contributed by atoms with Crippen LogP contribution in [0.2, 0.25) is 0 Å². The van der Waals surface area contributed by atoms with Crippen LogP contribution in [0, 0.1) is 0 Å². The van der Waals surface area contributed by atoms with Crippen LogP contribution in [0.15, 0.2) is 48.5 Å². The molecule has 0 saturated heterocycles. The molecule has 4 N–H and O–H groups in total. The smallest absolute Gasteiger partial charge is 0.335 e. The minimum absolute atomic E-state index is 0.209. The third-order valence-electron chi connectivity index (χ3n) is 2.60. The number of nitrogens with one attached hydrogen (secondary N) is 1. The van der Waals surface area contributed by atoms with Crippen molar-refractivity contribution in [1.29, 1.82) is 0 Å². The Kier molecular flexibility index (Phi) is 3.77. The van der Waals surface area contributed by atoms with E-state index in [9.17, 15) is 4.79 Å². The van der Waals surface area contributed by atoms with E-state index >= 15 is 0 Å². The number of nitrogens with two attached hydrogens (primary N) is 1. The summed E-state index contributed by atoms with van der Waals surface area (Å²) in [7, 11) is 0. The maximum absolute atomic E-state index is 10.9. The van der Waals surface area contributed by atoms with Gasteiger partial charge in [-0.2, -0.15) is 0 Å². The summed E-state index contributed by atoms with van der Waals surface area (Å²) in [6, 6.07) is 14.2. The van der Waals surface area contributed by atoms with Gasteiger partial charge in [0.2, 0.25) is 0 Å². The lowest BCUT2D eigenvalue weighted by Crippen LogP contribution is -2.18. The highest BCUT2D eigenvalue weighted by molar-refractivity contribution is 7.80. The molecule has 0 aliphatic carbocycles. The predicted octanol–water partition coefficient (Wildman–Crippen LogP) is 2.71. The van der Waals surface area contributed by atoms with E-state index in [2.05, 4.69) is 5.32 Å². The van der Waals surface area contributed by atoms with Crippen molar-refractivity contribution in [2.24, 2.45) is 5.73 Å². The first-order chi connectivity index (χ1) is 9.06. The molecule has 5 heteroatoms. The van der Waals surface area contributed by atoms with Gasteiger partial charge in [0.15, 0.2) is 5.11 Å². The SMILES string of the molecule is NC(=S)Nc1ccc(-c2cccc(C(=O)O)c2)cc1. The minimum Gasteiger partial charge on any atom is -0.478 e. The molecule has 96 valence electrons. The number of rotatable bonds is 3. The summed E-state index contributed by atoms with van der Waals surface area (Å²) in [5, 5.41) is 12.0. The van der Waals surface area contributed by atoms with Crippen LogP contribution >= 0.6 is 12.2 Å². The monoisotopic (exact) mass is 272 g/mol. The molecule has 0 spiro atoms. The van der Waals surface area contributed by atoms with Gasteiger partial charge in [0, 0.05) is 5.69 Å². The molecule has 19 heavy (non-hydrogen) atoms. The Bertz CT molecular complexity index is 624. The topological polar surface area (TPSA) is 75.3 Å². The van der Waals surface area contributed by atoms with E-state index in [1.807, 2.05) is 30.3 Å². The van der Waals surface area contributed by atoms with Gasteiger partial charge in [0.05, 0.1) is 5.56 Å². The van der Waals surface area contributed by atoms with Crippen LogP contribution < -0.4 is 11.1 Å². The summed E-state index contributed by atoms with van der Waals surface area (Å²) in [6.45, 7) is 0. The Morgan fingerprint density at radius 1 is 1.11 bits per heavy atom. The van der Waals surface area contributed by atoms with Gasteiger partial charge in [-0.25, -0.2) is 4.79 Å². The summed E-state index contributed by atoms with van der Waals surface area (Å²) in [5.41, 5.74) is 8.22. The summed E-state index contributed by atoms with van der Waals surface area (Å²) in [4.78, 5) is 10.9. The fourth-order valence-corrected chi connectivity index (χ4v) is 1.84. The van der Waals surface area contributed by atoms with Crippen LogP contribution in [-0.4, -0.2) is 16.2 Å². The van der Waals surface area contributed by atoms with Gasteiger partial charge in [-0.1, -0.05) is 24.3 Å². The molecule has 4 nitrogen and oxygen atoms in total. The number of anilines is 1. The summed E-state index contributed by atoms with van der Waals surface area (Å²) >= 11 is 4.75. The second-order valence-corrected chi connectivity index (χ2v) is 4.39. The van der Waals surface area contributed by atoms with E-state index in [0.717, 1.165) is 16.8 Å². The maximum Gasteiger partial charge on any atom is 0.335 e. The van der Waals surface area contributed by atoms with Gasteiger partial charge < -0.3 is 16.2 Å². The number of carboxylic acid groups (broad SMARTS) is 1. The lowest BCUT2D eigenvalue weighted by molar-refractivity contribution is 0.0697. The van der Waals surface area contributed by atoms with E-state index in [1.54, 1.807) is 18.2 Å². The van der Waals surface area contributed by atoms with Crippen molar-refractivity contribution in [3.63, 3.8) is 0 Å². The quantitative estimate of drug-likeness (QED) is 0.749. The maximum atomic E-state index is 10.9. The van der Waals surface area contributed by atoms with E-state index < -0.39 is 5.97 Å². The van der Waals surface area contributed by atoms with E-state index in [-0.39, 0.29) is 10.7 Å². The zero-order chi connectivity index (χ0) is 13.8. The van der Waals surface area contributed by atoms with E-state index in [1.165, 1.54) is 0 Å². The van der Waals surface area contributed by atoms with Gasteiger partial charge in [-0.05, 0) is 47.6 Å². The minimum atomic E-state index is -0.936. The van der Waals surface area contributed by atoms with Gasteiger partial charge >= 0.3 is 5.97 Å². The Morgan fingerprint density at radius 2 is 1.79 bits per heavy atom. The van der Waals surface area contributed by atoms with Crippen LogP contribution in [0.3, 0.4) is 0 Å². The van der Waals surface area contributed by atoms with Crippen LogP contribution in [0.1, 0.15) is 10.4 Å². The predicted molar refractivity (Wildman–Crippen MR) is 79.2 cm³/mol. The molecule has 0 atom stereocenters. The molecule has 0 aliphatic rings. The number of carbonyl (C=O) groups is 1.